The van der Waals surface area contributed by atoms with E-state index in [1.165, 1.54) is 38.4 Å². The Hall–Kier alpha value is -3.87. The molecule has 5 fully saturated rings. The lowest BCUT2D eigenvalue weighted by atomic mass is 9.49. The molecule has 1 aliphatic heterocycles. The summed E-state index contributed by atoms with van der Waals surface area (Å²) in [6.45, 7) is 2.44. The summed E-state index contributed by atoms with van der Waals surface area (Å²) in [5.74, 6) is -0.345. The fraction of sp³-hybridized carbons (Fsp3) is 0.686. The molecule has 0 spiro atoms. The number of nitrogens with two attached hydrogens (primary N) is 1. The van der Waals surface area contributed by atoms with Crippen molar-refractivity contribution in [2.45, 2.75) is 102 Å². The second-order valence-corrected chi connectivity index (χ2v) is 14.8. The van der Waals surface area contributed by atoms with Crippen molar-refractivity contribution in [3.05, 3.63) is 23.8 Å². The van der Waals surface area contributed by atoms with Gasteiger partial charge in [0.05, 0.1) is 20.3 Å². The number of rotatable bonds is 15. The van der Waals surface area contributed by atoms with E-state index in [-0.39, 0.29) is 43.1 Å². The Morgan fingerprint density at radius 3 is 2.29 bits per heavy atom. The number of benzene rings is 1. The van der Waals surface area contributed by atoms with Crippen LogP contribution in [0.3, 0.4) is 0 Å². The smallest absolute Gasteiger partial charge is 0.326 e. The van der Waals surface area contributed by atoms with Crippen molar-refractivity contribution in [3.63, 3.8) is 0 Å². The average Bonchev–Trinajstić information content (AvgIpc) is 3.56. The van der Waals surface area contributed by atoms with Gasteiger partial charge in [0.2, 0.25) is 17.7 Å². The molecule has 48 heavy (non-hydrogen) atoms. The van der Waals surface area contributed by atoms with Crippen molar-refractivity contribution >= 4 is 29.7 Å². The highest BCUT2D eigenvalue weighted by atomic mass is 16.5. The molecule has 3 amide bonds. The van der Waals surface area contributed by atoms with Gasteiger partial charge in [-0.3, -0.25) is 24.7 Å². The number of imide groups is 1. The fourth-order valence-electron chi connectivity index (χ4n) is 9.35. The molecule has 4 aliphatic carbocycles. The maximum Gasteiger partial charge on any atom is 0.326 e. The largest absolute Gasteiger partial charge is 0.493 e. The van der Waals surface area contributed by atoms with E-state index in [2.05, 4.69) is 16.0 Å². The fourth-order valence-corrected chi connectivity index (χ4v) is 9.35. The van der Waals surface area contributed by atoms with Crippen LogP contribution in [0.15, 0.2) is 18.2 Å². The molecule has 0 radical (unpaired) electrons. The van der Waals surface area contributed by atoms with E-state index in [4.69, 9.17) is 20.6 Å². The number of amides is 3. The van der Waals surface area contributed by atoms with E-state index in [1.54, 1.807) is 25.1 Å². The second-order valence-electron chi connectivity index (χ2n) is 14.8. The number of nitrogens with one attached hydrogen (secondary N) is 4. The van der Waals surface area contributed by atoms with Crippen molar-refractivity contribution in [2.24, 2.45) is 28.9 Å². The number of aliphatic carboxylic acids is 1. The van der Waals surface area contributed by atoms with Crippen LogP contribution in [0, 0.1) is 28.6 Å². The molecule has 4 bridgehead atoms. The molecule has 6 rings (SSSR count). The summed E-state index contributed by atoms with van der Waals surface area (Å²) in [6.07, 6.45) is 8.28. The molecule has 0 aromatic heterocycles. The molecule has 5 aliphatic rings. The minimum atomic E-state index is -1.77. The molecule has 1 saturated heterocycles. The second kappa shape index (κ2) is 14.7. The van der Waals surface area contributed by atoms with Gasteiger partial charge in [-0.05, 0) is 119 Å². The third-order valence-electron chi connectivity index (χ3n) is 11.1. The van der Waals surface area contributed by atoms with Gasteiger partial charge in [-0.25, -0.2) is 4.79 Å². The topological polar surface area (TPSA) is 196 Å². The van der Waals surface area contributed by atoms with Crippen LogP contribution >= 0.6 is 0 Å². The highest BCUT2D eigenvalue weighted by Gasteiger charge is 2.55. The van der Waals surface area contributed by atoms with Gasteiger partial charge in [-0.15, -0.1) is 0 Å². The number of hydrogen-bond acceptors (Lipinski definition) is 8. The Balaban J connectivity index is 1.51. The van der Waals surface area contributed by atoms with Crippen LogP contribution in [0.25, 0.3) is 0 Å². The first-order valence-electron chi connectivity index (χ1n) is 17.3. The lowest BCUT2D eigenvalue weighted by Gasteiger charge is -2.57. The summed E-state index contributed by atoms with van der Waals surface area (Å²) in [5.41, 5.74) is 4.01. The van der Waals surface area contributed by atoms with Gasteiger partial charge in [0.15, 0.2) is 17.5 Å². The summed E-state index contributed by atoms with van der Waals surface area (Å²) in [5, 5.41) is 26.0. The van der Waals surface area contributed by atoms with Crippen LogP contribution in [-0.4, -0.2) is 84.6 Å². The molecule has 1 heterocycles. The lowest BCUT2D eigenvalue weighted by molar-refractivity contribution is -0.163. The standard InChI is InChI=1S/C35H52N6O7/c1-34(16-21-8-9-27(47-2)28(15-21)48-3,32(46)40-26(31(44)45)7-5-11-39-33(36)37)41(30(43)25-6-4-10-38-25)29(42)20-35-17-22-12-23(18-35)14-24(13-22)19-35/h8-9,15,22-26,38H,4-7,10-14,16-20H2,1-3H3,(H,40,46)(H,44,45)(H4,36,37,39)/t22?,23?,24?,25-,26-,34-,35?/m0/s1. The molecule has 13 nitrogen and oxygen atoms in total. The first-order valence-corrected chi connectivity index (χ1v) is 17.3. The number of carboxylic acids is 1. The van der Waals surface area contributed by atoms with Crippen LogP contribution in [0.1, 0.15) is 83.1 Å². The quantitative estimate of drug-likeness (QED) is 0.0918. The van der Waals surface area contributed by atoms with E-state index in [1.807, 2.05) is 0 Å². The summed E-state index contributed by atoms with van der Waals surface area (Å²) >= 11 is 0. The van der Waals surface area contributed by atoms with Crippen LogP contribution in [0.2, 0.25) is 0 Å². The van der Waals surface area contributed by atoms with Gasteiger partial charge in [0, 0.05) is 19.4 Å². The van der Waals surface area contributed by atoms with Crippen molar-refractivity contribution < 1.29 is 33.8 Å². The van der Waals surface area contributed by atoms with Crippen LogP contribution < -0.4 is 31.2 Å². The summed E-state index contributed by atoms with van der Waals surface area (Å²) in [7, 11) is 3.02. The summed E-state index contributed by atoms with van der Waals surface area (Å²) in [6, 6.07) is 3.25. The Kier molecular flexibility index (Phi) is 10.9. The number of methoxy groups -OCH3 is 2. The molecule has 1 aromatic carbocycles. The number of carbonyl (C=O) groups is 4. The van der Waals surface area contributed by atoms with Gasteiger partial charge in [-0.2, -0.15) is 0 Å². The molecule has 4 saturated carbocycles. The maximum absolute atomic E-state index is 14.8. The molecular formula is C35H52N6O7. The highest BCUT2D eigenvalue weighted by Crippen LogP contribution is 2.61. The number of carboxylic acid groups (broad SMARTS) is 1. The Morgan fingerprint density at radius 1 is 1.10 bits per heavy atom. The van der Waals surface area contributed by atoms with Crippen molar-refractivity contribution in [1.29, 1.82) is 5.41 Å². The van der Waals surface area contributed by atoms with Gasteiger partial charge in [-0.1, -0.05) is 6.07 Å². The van der Waals surface area contributed by atoms with Gasteiger partial charge >= 0.3 is 5.97 Å². The number of nitrogens with zero attached hydrogens (tertiary/aromatic N) is 1. The first kappa shape index (κ1) is 35.4. The van der Waals surface area contributed by atoms with Crippen LogP contribution in [0.5, 0.6) is 11.5 Å². The first-order chi connectivity index (χ1) is 22.9. The third kappa shape index (κ3) is 7.71. The van der Waals surface area contributed by atoms with E-state index in [9.17, 15) is 24.3 Å². The number of hydrogen-bond donors (Lipinski definition) is 6. The molecule has 1 aromatic rings. The van der Waals surface area contributed by atoms with Gasteiger partial charge in [0.25, 0.3) is 0 Å². The zero-order chi connectivity index (χ0) is 34.6. The van der Waals surface area contributed by atoms with Gasteiger partial charge < -0.3 is 36.3 Å². The summed E-state index contributed by atoms with van der Waals surface area (Å²) < 4.78 is 10.9. The van der Waals surface area contributed by atoms with E-state index in [0.29, 0.717) is 54.2 Å². The zero-order valence-electron chi connectivity index (χ0n) is 28.4. The Labute approximate surface area is 282 Å². The van der Waals surface area contributed by atoms with E-state index < -0.39 is 35.4 Å². The number of guanidine groups is 1. The lowest BCUT2D eigenvalue weighted by Crippen LogP contribution is -2.66. The molecule has 3 atom stereocenters. The van der Waals surface area contributed by atoms with Crippen LogP contribution in [0.4, 0.5) is 0 Å². The van der Waals surface area contributed by atoms with E-state index in [0.717, 1.165) is 25.7 Å². The van der Waals surface area contributed by atoms with Crippen molar-refractivity contribution in [2.75, 3.05) is 27.3 Å². The number of ether oxygens (including phenoxy) is 2. The van der Waals surface area contributed by atoms with Crippen molar-refractivity contribution in [1.82, 2.24) is 20.9 Å². The SMILES string of the molecule is COc1ccc(C[C@@](C)(C(=O)N[C@@H](CCCNC(=N)N)C(=O)O)N(C(=O)CC23CC4CC(CC(C4)C2)C3)C(=O)[C@@H]2CCCN2)cc1OC. The Bertz CT molecular complexity index is 1360. The van der Waals surface area contributed by atoms with Crippen LogP contribution in [-0.2, 0) is 25.6 Å². The van der Waals surface area contributed by atoms with Crippen molar-refractivity contribution in [3.8, 4) is 11.5 Å². The maximum atomic E-state index is 14.8. The summed E-state index contributed by atoms with van der Waals surface area (Å²) in [4.78, 5) is 57.4. The van der Waals surface area contributed by atoms with Gasteiger partial charge in [0.1, 0.15) is 11.6 Å². The molecule has 13 heteroatoms. The Morgan fingerprint density at radius 2 is 1.75 bits per heavy atom. The predicted octanol–water partition coefficient (Wildman–Crippen LogP) is 2.55. The van der Waals surface area contributed by atoms with E-state index >= 15 is 0 Å². The molecular weight excluding hydrogens is 616 g/mol. The third-order valence-corrected chi connectivity index (χ3v) is 11.1. The monoisotopic (exact) mass is 668 g/mol. The number of carbonyl (C=O) groups excluding carboxylic acids is 3. The minimum absolute atomic E-state index is 0.0488. The molecule has 7 N–H and O–H groups in total. The predicted molar refractivity (Wildman–Crippen MR) is 178 cm³/mol. The molecule has 264 valence electrons. The normalized spacial score (nSPS) is 27.4. The zero-order valence-corrected chi connectivity index (χ0v) is 28.4. The molecule has 0 unspecified atom stereocenters. The average molecular weight is 669 g/mol. The minimum Gasteiger partial charge on any atom is -0.493 e. The highest BCUT2D eigenvalue weighted by molar-refractivity contribution is 6.05.